The second kappa shape index (κ2) is 3.92. The van der Waals surface area contributed by atoms with Gasteiger partial charge in [0.15, 0.2) is 0 Å². The fourth-order valence-electron chi connectivity index (χ4n) is 1.25. The number of nitrogens with two attached hydrogens (primary N) is 2. The molecule has 0 aromatic heterocycles. The molecule has 0 bridgehead atoms. The van der Waals surface area contributed by atoms with E-state index in [1.54, 1.807) is 0 Å². The molecule has 2 aromatic carbocycles. The maximum absolute atomic E-state index is 5.58. The standard InChI is InChI=1S/C12H12N3/c13-9-1-5-11(6-2-9)15-12-7-3-10(14)4-8-12/h1-8H,13-14H2/q-1. The van der Waals surface area contributed by atoms with E-state index in [9.17, 15) is 0 Å². The zero-order valence-electron chi connectivity index (χ0n) is 8.22. The van der Waals surface area contributed by atoms with Crippen molar-refractivity contribution in [3.63, 3.8) is 0 Å². The summed E-state index contributed by atoms with van der Waals surface area (Å²) in [5.74, 6) is 0. The summed E-state index contributed by atoms with van der Waals surface area (Å²) in [6, 6.07) is 14.8. The van der Waals surface area contributed by atoms with E-state index >= 15 is 0 Å². The van der Waals surface area contributed by atoms with Crippen LogP contribution in [0.3, 0.4) is 0 Å². The van der Waals surface area contributed by atoms with Gasteiger partial charge >= 0.3 is 0 Å². The Balaban J connectivity index is 2.15. The van der Waals surface area contributed by atoms with Gasteiger partial charge < -0.3 is 16.8 Å². The molecular weight excluding hydrogens is 186 g/mol. The molecule has 0 aliphatic heterocycles. The van der Waals surface area contributed by atoms with Gasteiger partial charge in [0.05, 0.1) is 0 Å². The van der Waals surface area contributed by atoms with E-state index in [4.69, 9.17) is 11.5 Å². The van der Waals surface area contributed by atoms with Gasteiger partial charge in [-0.25, -0.2) is 0 Å². The largest absolute Gasteiger partial charge is 0.658 e. The Hall–Kier alpha value is -2.16. The summed E-state index contributed by atoms with van der Waals surface area (Å²) >= 11 is 0. The molecule has 2 aromatic rings. The van der Waals surface area contributed by atoms with E-state index in [1.165, 1.54) is 0 Å². The molecule has 3 heteroatoms. The summed E-state index contributed by atoms with van der Waals surface area (Å²) in [7, 11) is 0. The van der Waals surface area contributed by atoms with Crippen molar-refractivity contribution in [2.75, 3.05) is 11.5 Å². The number of nitrogens with zero attached hydrogens (tertiary/aromatic N) is 1. The highest BCUT2D eigenvalue weighted by Crippen LogP contribution is 2.30. The van der Waals surface area contributed by atoms with Gasteiger partial charge in [0.1, 0.15) is 0 Å². The Kier molecular flexibility index (Phi) is 2.46. The van der Waals surface area contributed by atoms with Crippen LogP contribution >= 0.6 is 0 Å². The third-order valence-electron chi connectivity index (χ3n) is 2.04. The normalized spacial score (nSPS) is 9.87. The lowest BCUT2D eigenvalue weighted by atomic mass is 10.2. The Labute approximate surface area is 88.7 Å². The average Bonchev–Trinajstić information content (AvgIpc) is 2.25. The Morgan fingerprint density at radius 2 is 0.933 bits per heavy atom. The number of hydrogen-bond donors (Lipinski definition) is 2. The molecule has 76 valence electrons. The molecular formula is C12H12N3-. The molecule has 0 unspecified atom stereocenters. The lowest BCUT2D eigenvalue weighted by Crippen LogP contribution is -1.82. The summed E-state index contributed by atoms with van der Waals surface area (Å²) in [6.07, 6.45) is 0. The van der Waals surface area contributed by atoms with Crippen LogP contribution in [-0.4, -0.2) is 0 Å². The first-order valence-corrected chi connectivity index (χ1v) is 4.67. The van der Waals surface area contributed by atoms with Crippen LogP contribution in [0.2, 0.25) is 0 Å². The van der Waals surface area contributed by atoms with E-state index in [0.717, 1.165) is 22.7 Å². The minimum Gasteiger partial charge on any atom is -0.658 e. The van der Waals surface area contributed by atoms with Gasteiger partial charge in [-0.05, 0) is 24.3 Å². The first-order chi connectivity index (χ1) is 7.24. The maximum Gasteiger partial charge on any atom is 0.0313 e. The molecule has 3 nitrogen and oxygen atoms in total. The third-order valence-corrected chi connectivity index (χ3v) is 2.04. The maximum atomic E-state index is 5.58. The smallest absolute Gasteiger partial charge is 0.0313 e. The van der Waals surface area contributed by atoms with Crippen LogP contribution in [0.4, 0.5) is 22.7 Å². The highest BCUT2D eigenvalue weighted by Gasteiger charge is 1.84. The van der Waals surface area contributed by atoms with Crippen LogP contribution in [0.1, 0.15) is 0 Å². The van der Waals surface area contributed by atoms with E-state index < -0.39 is 0 Å². The van der Waals surface area contributed by atoms with Crippen molar-refractivity contribution >= 4 is 22.7 Å². The SMILES string of the molecule is Nc1ccc([N-]c2ccc(N)cc2)cc1. The van der Waals surface area contributed by atoms with Crippen molar-refractivity contribution in [3.8, 4) is 0 Å². The van der Waals surface area contributed by atoms with E-state index in [-0.39, 0.29) is 0 Å². The highest BCUT2D eigenvalue weighted by atomic mass is 14.9. The molecule has 0 spiro atoms. The van der Waals surface area contributed by atoms with Crippen LogP contribution < -0.4 is 11.5 Å². The number of nitrogen functional groups attached to an aromatic ring is 2. The van der Waals surface area contributed by atoms with Crippen LogP contribution in [0.25, 0.3) is 5.32 Å². The molecule has 0 saturated heterocycles. The quantitative estimate of drug-likeness (QED) is 0.728. The lowest BCUT2D eigenvalue weighted by Gasteiger charge is -2.22. The molecule has 0 saturated carbocycles. The zero-order chi connectivity index (χ0) is 10.7. The van der Waals surface area contributed by atoms with Gasteiger partial charge in [-0.3, -0.25) is 0 Å². The second-order valence-corrected chi connectivity index (χ2v) is 3.29. The van der Waals surface area contributed by atoms with Gasteiger partial charge in [-0.15, -0.1) is 11.4 Å². The fraction of sp³-hybridized carbons (Fsp3) is 0. The van der Waals surface area contributed by atoms with E-state index in [1.807, 2.05) is 48.5 Å². The van der Waals surface area contributed by atoms with Crippen molar-refractivity contribution < 1.29 is 0 Å². The van der Waals surface area contributed by atoms with E-state index in [2.05, 4.69) is 5.32 Å². The number of hydrogen-bond acceptors (Lipinski definition) is 2. The van der Waals surface area contributed by atoms with Crippen molar-refractivity contribution in [2.45, 2.75) is 0 Å². The van der Waals surface area contributed by atoms with E-state index in [0.29, 0.717) is 0 Å². The molecule has 0 aliphatic carbocycles. The monoisotopic (exact) mass is 198 g/mol. The molecule has 4 N–H and O–H groups in total. The van der Waals surface area contributed by atoms with Crippen molar-refractivity contribution in [2.24, 2.45) is 0 Å². The molecule has 0 radical (unpaired) electrons. The summed E-state index contributed by atoms with van der Waals surface area (Å²) in [4.78, 5) is 0. The minimum absolute atomic E-state index is 0.742. The fourth-order valence-corrected chi connectivity index (χ4v) is 1.25. The lowest BCUT2D eigenvalue weighted by molar-refractivity contribution is 1.61. The van der Waals surface area contributed by atoms with Gasteiger partial charge in [-0.2, -0.15) is 0 Å². The molecule has 0 fully saturated rings. The molecule has 0 heterocycles. The summed E-state index contributed by atoms with van der Waals surface area (Å²) < 4.78 is 0. The highest BCUT2D eigenvalue weighted by molar-refractivity contribution is 5.68. The van der Waals surface area contributed by atoms with Crippen LogP contribution in [0.5, 0.6) is 0 Å². The Bertz CT molecular complexity index is 388. The number of rotatable bonds is 2. The zero-order valence-corrected chi connectivity index (χ0v) is 8.22. The molecule has 0 aliphatic rings. The molecule has 0 atom stereocenters. The van der Waals surface area contributed by atoms with Gasteiger partial charge in [0, 0.05) is 11.4 Å². The van der Waals surface area contributed by atoms with Crippen molar-refractivity contribution in [1.82, 2.24) is 0 Å². The molecule has 0 amide bonds. The summed E-state index contributed by atoms with van der Waals surface area (Å²) in [6.45, 7) is 0. The molecule has 15 heavy (non-hydrogen) atoms. The predicted molar refractivity (Wildman–Crippen MR) is 64.4 cm³/mol. The molecule has 2 rings (SSSR count). The Morgan fingerprint density at radius 1 is 0.600 bits per heavy atom. The predicted octanol–water partition coefficient (Wildman–Crippen LogP) is 3.19. The second-order valence-electron chi connectivity index (χ2n) is 3.29. The van der Waals surface area contributed by atoms with Gasteiger partial charge in [0.2, 0.25) is 0 Å². The third kappa shape index (κ3) is 2.40. The Morgan fingerprint density at radius 3 is 1.27 bits per heavy atom. The van der Waals surface area contributed by atoms with Crippen LogP contribution in [0.15, 0.2) is 48.5 Å². The average molecular weight is 198 g/mol. The van der Waals surface area contributed by atoms with Gasteiger partial charge in [0.25, 0.3) is 0 Å². The van der Waals surface area contributed by atoms with Crippen LogP contribution in [-0.2, 0) is 0 Å². The minimum atomic E-state index is 0.742. The first-order valence-electron chi connectivity index (χ1n) is 4.67. The summed E-state index contributed by atoms with van der Waals surface area (Å²) in [5, 5.41) is 4.41. The first kappa shape index (κ1) is 9.40. The van der Waals surface area contributed by atoms with Gasteiger partial charge in [-0.1, -0.05) is 24.3 Å². The number of benzene rings is 2. The summed E-state index contributed by atoms with van der Waals surface area (Å²) in [5.41, 5.74) is 14.4. The van der Waals surface area contributed by atoms with Crippen molar-refractivity contribution in [1.29, 1.82) is 0 Å². The topological polar surface area (TPSA) is 66.1 Å². The van der Waals surface area contributed by atoms with Crippen LogP contribution in [0, 0.1) is 0 Å². The van der Waals surface area contributed by atoms with Crippen molar-refractivity contribution in [3.05, 3.63) is 53.8 Å². The number of anilines is 2.